The second-order valence-corrected chi connectivity index (χ2v) is 8.07. The number of benzene rings is 2. The molecule has 3 rings (SSSR count). The maximum atomic E-state index is 12.8. The second kappa shape index (κ2) is 11.1. The molecule has 2 aromatic carbocycles. The molecular formula is C22H27Cl3N2O. The van der Waals surface area contributed by atoms with Crippen LogP contribution in [0.5, 0.6) is 0 Å². The van der Waals surface area contributed by atoms with Crippen LogP contribution < -0.4 is 0 Å². The Bertz CT molecular complexity index is 741. The lowest BCUT2D eigenvalue weighted by Crippen LogP contribution is -2.40. The molecule has 0 aromatic heterocycles. The molecule has 0 atom stereocenters. The first kappa shape index (κ1) is 23.0. The summed E-state index contributed by atoms with van der Waals surface area (Å²) in [6.07, 6.45) is 2.25. The summed E-state index contributed by atoms with van der Waals surface area (Å²) < 4.78 is 0. The molecule has 1 aliphatic rings. The van der Waals surface area contributed by atoms with Crippen LogP contribution in [0.15, 0.2) is 48.5 Å². The van der Waals surface area contributed by atoms with Gasteiger partial charge in [-0.25, -0.2) is 0 Å². The molecule has 1 fully saturated rings. The van der Waals surface area contributed by atoms with Crippen molar-refractivity contribution in [2.75, 3.05) is 26.2 Å². The Morgan fingerprint density at radius 3 is 2.07 bits per heavy atom. The average molecular weight is 442 g/mol. The van der Waals surface area contributed by atoms with Crippen LogP contribution in [-0.4, -0.2) is 41.9 Å². The third-order valence-corrected chi connectivity index (χ3v) is 5.77. The first-order chi connectivity index (χ1) is 13.0. The van der Waals surface area contributed by atoms with Crippen LogP contribution in [0, 0.1) is 5.92 Å². The number of hydrogen-bond donors (Lipinski definition) is 0. The van der Waals surface area contributed by atoms with Crippen LogP contribution in [-0.2, 0) is 6.54 Å². The van der Waals surface area contributed by atoms with Crippen LogP contribution in [0.3, 0.4) is 0 Å². The molecule has 3 nitrogen and oxygen atoms in total. The maximum absolute atomic E-state index is 12.8. The van der Waals surface area contributed by atoms with Crippen molar-refractivity contribution in [3.63, 3.8) is 0 Å². The molecule has 0 spiro atoms. The zero-order chi connectivity index (χ0) is 19.2. The fourth-order valence-electron chi connectivity index (χ4n) is 3.62. The number of piperidine rings is 1. The zero-order valence-corrected chi connectivity index (χ0v) is 18.4. The van der Waals surface area contributed by atoms with Gasteiger partial charge < -0.3 is 4.90 Å². The van der Waals surface area contributed by atoms with E-state index in [1.807, 2.05) is 36.1 Å². The van der Waals surface area contributed by atoms with Crippen LogP contribution >= 0.6 is 35.6 Å². The highest BCUT2D eigenvalue weighted by molar-refractivity contribution is 6.30. The molecule has 0 unspecified atom stereocenters. The lowest BCUT2D eigenvalue weighted by Gasteiger charge is -2.34. The van der Waals surface area contributed by atoms with E-state index >= 15 is 0 Å². The number of carbonyl (C=O) groups is 1. The fourth-order valence-corrected chi connectivity index (χ4v) is 3.87. The first-order valence-corrected chi connectivity index (χ1v) is 10.3. The minimum atomic E-state index is 0. The quantitative estimate of drug-likeness (QED) is 0.566. The number of likely N-dealkylation sites (tertiary alicyclic amines) is 1. The van der Waals surface area contributed by atoms with Gasteiger partial charge in [-0.15, -0.1) is 12.4 Å². The van der Waals surface area contributed by atoms with Crippen molar-refractivity contribution in [3.8, 4) is 0 Å². The van der Waals surface area contributed by atoms with Crippen molar-refractivity contribution >= 4 is 41.5 Å². The van der Waals surface area contributed by atoms with Gasteiger partial charge >= 0.3 is 0 Å². The lowest BCUT2D eigenvalue weighted by atomic mass is 9.95. The van der Waals surface area contributed by atoms with Crippen molar-refractivity contribution in [1.29, 1.82) is 0 Å². The van der Waals surface area contributed by atoms with Gasteiger partial charge in [0.25, 0.3) is 5.91 Å². The van der Waals surface area contributed by atoms with Gasteiger partial charge in [-0.3, -0.25) is 9.69 Å². The Hall–Kier alpha value is -1.26. The van der Waals surface area contributed by atoms with E-state index in [1.54, 1.807) is 12.1 Å². The number of rotatable bonds is 6. The lowest BCUT2D eigenvalue weighted by molar-refractivity contribution is 0.0698. The van der Waals surface area contributed by atoms with Crippen molar-refractivity contribution in [2.24, 2.45) is 5.92 Å². The SMILES string of the molecule is CCN(CC1CCN(Cc2ccc(Cl)cc2)CC1)C(=O)c1ccc(Cl)cc1.Cl. The molecule has 0 aliphatic carbocycles. The van der Waals surface area contributed by atoms with E-state index in [1.165, 1.54) is 5.56 Å². The van der Waals surface area contributed by atoms with Crippen LogP contribution in [0.4, 0.5) is 0 Å². The Kier molecular flexibility index (Phi) is 9.10. The number of amides is 1. The average Bonchev–Trinajstić information content (AvgIpc) is 2.69. The van der Waals surface area contributed by atoms with E-state index in [0.717, 1.165) is 50.6 Å². The van der Waals surface area contributed by atoms with Gasteiger partial charge in [0.1, 0.15) is 0 Å². The van der Waals surface area contributed by atoms with E-state index in [0.29, 0.717) is 16.5 Å². The summed E-state index contributed by atoms with van der Waals surface area (Å²) in [6.45, 7) is 6.70. The van der Waals surface area contributed by atoms with E-state index in [2.05, 4.69) is 17.0 Å². The highest BCUT2D eigenvalue weighted by Gasteiger charge is 2.23. The monoisotopic (exact) mass is 440 g/mol. The number of halogens is 3. The minimum absolute atomic E-state index is 0. The Morgan fingerprint density at radius 2 is 1.54 bits per heavy atom. The smallest absolute Gasteiger partial charge is 0.253 e. The molecule has 0 N–H and O–H groups in total. The Labute approximate surface area is 184 Å². The van der Waals surface area contributed by atoms with Crippen LogP contribution in [0.1, 0.15) is 35.7 Å². The Morgan fingerprint density at radius 1 is 1.00 bits per heavy atom. The molecule has 2 aromatic rings. The van der Waals surface area contributed by atoms with E-state index in [-0.39, 0.29) is 18.3 Å². The van der Waals surface area contributed by atoms with E-state index in [9.17, 15) is 4.79 Å². The largest absolute Gasteiger partial charge is 0.339 e. The molecule has 1 aliphatic heterocycles. The first-order valence-electron chi connectivity index (χ1n) is 9.56. The van der Waals surface area contributed by atoms with Crippen molar-refractivity contribution in [3.05, 3.63) is 69.7 Å². The van der Waals surface area contributed by atoms with Crippen LogP contribution in [0.2, 0.25) is 10.0 Å². The highest BCUT2D eigenvalue weighted by Crippen LogP contribution is 2.22. The molecule has 1 saturated heterocycles. The molecule has 1 heterocycles. The summed E-state index contributed by atoms with van der Waals surface area (Å²) in [5, 5.41) is 1.44. The molecule has 152 valence electrons. The third-order valence-electron chi connectivity index (χ3n) is 5.27. The summed E-state index contributed by atoms with van der Waals surface area (Å²) in [4.78, 5) is 17.2. The molecule has 0 radical (unpaired) electrons. The summed E-state index contributed by atoms with van der Waals surface area (Å²) in [5.74, 6) is 0.653. The van der Waals surface area contributed by atoms with E-state index in [4.69, 9.17) is 23.2 Å². The minimum Gasteiger partial charge on any atom is -0.339 e. The summed E-state index contributed by atoms with van der Waals surface area (Å²) >= 11 is 11.9. The number of hydrogen-bond acceptors (Lipinski definition) is 2. The second-order valence-electron chi connectivity index (χ2n) is 7.20. The molecular weight excluding hydrogens is 415 g/mol. The van der Waals surface area contributed by atoms with Gasteiger partial charge in [0.05, 0.1) is 0 Å². The summed E-state index contributed by atoms with van der Waals surface area (Å²) in [5.41, 5.74) is 2.01. The van der Waals surface area contributed by atoms with Gasteiger partial charge in [-0.1, -0.05) is 35.3 Å². The normalized spacial score (nSPS) is 15.1. The van der Waals surface area contributed by atoms with Gasteiger partial charge in [0, 0.05) is 35.2 Å². The van der Waals surface area contributed by atoms with Gasteiger partial charge in [0.2, 0.25) is 0 Å². The Balaban J connectivity index is 0.00000280. The molecule has 1 amide bonds. The highest BCUT2D eigenvalue weighted by atomic mass is 35.5. The van der Waals surface area contributed by atoms with Gasteiger partial charge in [0.15, 0.2) is 0 Å². The topological polar surface area (TPSA) is 23.6 Å². The fraction of sp³-hybridized carbons (Fsp3) is 0.409. The predicted molar refractivity (Wildman–Crippen MR) is 120 cm³/mol. The molecule has 6 heteroatoms. The summed E-state index contributed by atoms with van der Waals surface area (Å²) in [7, 11) is 0. The van der Waals surface area contributed by atoms with Crippen molar-refractivity contribution in [1.82, 2.24) is 9.80 Å². The molecule has 0 saturated carbocycles. The predicted octanol–water partition coefficient (Wildman–Crippen LogP) is 5.79. The van der Waals surface area contributed by atoms with Crippen molar-refractivity contribution in [2.45, 2.75) is 26.3 Å². The van der Waals surface area contributed by atoms with E-state index < -0.39 is 0 Å². The standard InChI is InChI=1S/C22H26Cl2N2O.ClH/c1-2-26(22(27)19-5-9-21(24)10-6-19)16-18-11-13-25(14-12-18)15-17-3-7-20(23)8-4-17;/h3-10,18H,2,11-16H2,1H3;1H. The zero-order valence-electron chi connectivity index (χ0n) is 16.1. The molecule has 0 bridgehead atoms. The van der Waals surface area contributed by atoms with Gasteiger partial charge in [-0.05, 0) is 80.7 Å². The van der Waals surface area contributed by atoms with Gasteiger partial charge in [-0.2, -0.15) is 0 Å². The van der Waals surface area contributed by atoms with Crippen LogP contribution in [0.25, 0.3) is 0 Å². The third kappa shape index (κ3) is 6.38. The maximum Gasteiger partial charge on any atom is 0.253 e. The number of carbonyl (C=O) groups excluding carboxylic acids is 1. The summed E-state index contributed by atoms with van der Waals surface area (Å²) in [6, 6.07) is 15.3. The molecule has 28 heavy (non-hydrogen) atoms. The van der Waals surface area contributed by atoms with Crippen molar-refractivity contribution < 1.29 is 4.79 Å². The number of nitrogens with zero attached hydrogens (tertiary/aromatic N) is 2.